The van der Waals surface area contributed by atoms with Crippen LogP contribution in [0.4, 0.5) is 0 Å². The number of carbonyl (C=O) groups excluding carboxylic acids is 2. The molecule has 3 aliphatic rings. The number of hydrogen-bond acceptors (Lipinski definition) is 2. The zero-order chi connectivity index (χ0) is 25.6. The highest BCUT2D eigenvalue weighted by molar-refractivity contribution is 6.06. The Kier molecular flexibility index (Phi) is 5.95. The monoisotopic (exact) mass is 487 g/mol. The van der Waals surface area contributed by atoms with Crippen LogP contribution in [0.2, 0.25) is 0 Å². The number of rotatable bonds is 4. The van der Waals surface area contributed by atoms with Crippen LogP contribution in [-0.4, -0.2) is 11.7 Å². The van der Waals surface area contributed by atoms with Crippen LogP contribution in [0.1, 0.15) is 76.7 Å². The number of Topliss-reactive ketones (excluding diaryl/α,β-unsaturated/α-hetero) is 1. The Bertz CT molecular complexity index is 1430. The molecule has 3 aliphatic carbocycles. The van der Waals surface area contributed by atoms with Crippen molar-refractivity contribution in [2.75, 3.05) is 0 Å². The van der Waals surface area contributed by atoms with E-state index in [2.05, 4.69) is 61.5 Å². The number of hydrogen-bond donors (Lipinski definition) is 1. The number of primary amides is 1. The molecule has 2 N–H and O–H groups in total. The fourth-order valence-electron chi connectivity index (χ4n) is 7.24. The number of ketones is 1. The first-order chi connectivity index (χ1) is 17.9. The number of aryl methyl sites for hydroxylation is 1. The minimum atomic E-state index is -0.443. The van der Waals surface area contributed by atoms with Crippen molar-refractivity contribution in [1.29, 1.82) is 0 Å². The smallest absolute Gasteiger partial charge is 0.248 e. The number of nitrogens with two attached hydrogens (primary N) is 1. The van der Waals surface area contributed by atoms with E-state index >= 15 is 0 Å². The number of carbonyl (C=O) groups is 2. The highest BCUT2D eigenvalue weighted by Crippen LogP contribution is 2.60. The second-order valence-corrected chi connectivity index (χ2v) is 11.3. The molecule has 3 heteroatoms. The van der Waals surface area contributed by atoms with Gasteiger partial charge in [0.2, 0.25) is 5.91 Å². The fraction of sp³-hybridized carbons (Fsp3) is 0.294. The summed E-state index contributed by atoms with van der Waals surface area (Å²) in [5.41, 5.74) is 12.9. The molecule has 0 spiro atoms. The molecule has 0 heterocycles. The van der Waals surface area contributed by atoms with Crippen LogP contribution in [-0.2, 0) is 11.2 Å². The molecule has 37 heavy (non-hydrogen) atoms. The quantitative estimate of drug-likeness (QED) is 0.316. The van der Waals surface area contributed by atoms with Crippen molar-refractivity contribution in [2.45, 2.75) is 44.9 Å². The first-order valence-corrected chi connectivity index (χ1v) is 13.4. The van der Waals surface area contributed by atoms with Gasteiger partial charge in [-0.15, -0.1) is 0 Å². The number of benzene rings is 3. The third kappa shape index (κ3) is 4.27. The molecular weight excluding hydrogens is 454 g/mol. The lowest BCUT2D eigenvalue weighted by Crippen LogP contribution is -2.42. The largest absolute Gasteiger partial charge is 0.366 e. The van der Waals surface area contributed by atoms with Crippen LogP contribution in [0.15, 0.2) is 78.4 Å². The molecule has 3 aromatic rings. The van der Waals surface area contributed by atoms with Crippen molar-refractivity contribution >= 4 is 29.9 Å². The Morgan fingerprint density at radius 2 is 1.70 bits per heavy atom. The zero-order valence-corrected chi connectivity index (χ0v) is 21.3. The van der Waals surface area contributed by atoms with Crippen LogP contribution < -0.4 is 5.73 Å². The summed E-state index contributed by atoms with van der Waals surface area (Å²) >= 11 is 0. The van der Waals surface area contributed by atoms with E-state index in [0.717, 1.165) is 43.2 Å². The van der Waals surface area contributed by atoms with E-state index in [1.807, 2.05) is 24.3 Å². The second-order valence-electron chi connectivity index (χ2n) is 11.3. The first kappa shape index (κ1) is 23.7. The summed E-state index contributed by atoms with van der Waals surface area (Å²) in [5.74, 6) is 1.28. The molecule has 6 rings (SSSR count). The molecular formula is C34H33NO2. The predicted molar refractivity (Wildman–Crippen MR) is 150 cm³/mol. The average Bonchev–Trinajstić information content (AvgIpc) is 3.17. The Labute approximate surface area is 219 Å². The molecule has 1 amide bonds. The van der Waals surface area contributed by atoms with Crippen LogP contribution >= 0.6 is 0 Å². The average molecular weight is 488 g/mol. The number of allylic oxidation sites excluding steroid dienone is 1. The van der Waals surface area contributed by atoms with Crippen molar-refractivity contribution < 1.29 is 9.59 Å². The Morgan fingerprint density at radius 3 is 2.51 bits per heavy atom. The van der Waals surface area contributed by atoms with E-state index in [9.17, 15) is 9.59 Å². The minimum Gasteiger partial charge on any atom is -0.366 e. The summed E-state index contributed by atoms with van der Waals surface area (Å²) in [6.07, 6.45) is 11.4. The van der Waals surface area contributed by atoms with E-state index in [4.69, 9.17) is 5.73 Å². The summed E-state index contributed by atoms with van der Waals surface area (Å²) in [6, 6.07) is 24.7. The zero-order valence-electron chi connectivity index (χ0n) is 21.3. The molecule has 3 aromatic carbocycles. The summed E-state index contributed by atoms with van der Waals surface area (Å²) in [5, 5.41) is 0. The predicted octanol–water partition coefficient (Wildman–Crippen LogP) is 7.07. The van der Waals surface area contributed by atoms with Crippen molar-refractivity contribution in [3.8, 4) is 0 Å². The third-order valence-electron chi connectivity index (χ3n) is 9.17. The fourth-order valence-corrected chi connectivity index (χ4v) is 7.24. The summed E-state index contributed by atoms with van der Waals surface area (Å²) in [7, 11) is 0. The maximum atomic E-state index is 13.7. The molecule has 0 aromatic heterocycles. The van der Waals surface area contributed by atoms with E-state index in [1.165, 1.54) is 22.3 Å². The van der Waals surface area contributed by atoms with Crippen molar-refractivity contribution in [2.24, 2.45) is 23.0 Å². The normalized spacial score (nSPS) is 27.6. The molecule has 2 saturated carbocycles. The Morgan fingerprint density at radius 1 is 0.919 bits per heavy atom. The standard InChI is InChI=1S/C34H33NO2/c1-34-17-16-29-28-14-12-23(11-10-22-6-3-2-4-7-22)18-25(28)13-15-30(29)31(34)21-27(32(34)36)20-24-8-5-9-26(19-24)33(35)37/h2-12,14,18-20,29-31H,13,15-17,21H2,1H3,(H2,35,37)/t29-,30-,31+,34+/m1/s1. The third-order valence-corrected chi connectivity index (χ3v) is 9.17. The van der Waals surface area contributed by atoms with Crippen LogP contribution in [0.5, 0.6) is 0 Å². The minimum absolute atomic E-state index is 0.288. The highest BCUT2D eigenvalue weighted by atomic mass is 16.1. The van der Waals surface area contributed by atoms with E-state index in [1.54, 1.807) is 12.1 Å². The SMILES string of the molecule is C[C@]12CC[C@@H]3c4ccc(C=Cc5ccccc5)cc4CC[C@H]3[C@@H]1CC(=Cc1cccc(C(N)=O)c1)C2=O. The number of amides is 1. The molecule has 0 aliphatic heterocycles. The van der Waals surface area contributed by atoms with Gasteiger partial charge in [0, 0.05) is 11.0 Å². The Hall–Kier alpha value is -3.72. The van der Waals surface area contributed by atoms with Crippen molar-refractivity contribution in [3.63, 3.8) is 0 Å². The summed E-state index contributed by atoms with van der Waals surface area (Å²) in [6.45, 7) is 2.20. The van der Waals surface area contributed by atoms with Crippen LogP contribution in [0.3, 0.4) is 0 Å². The van der Waals surface area contributed by atoms with E-state index in [0.29, 0.717) is 29.1 Å². The lowest BCUT2D eigenvalue weighted by atomic mass is 9.55. The van der Waals surface area contributed by atoms with Gasteiger partial charge >= 0.3 is 0 Å². The lowest BCUT2D eigenvalue weighted by Gasteiger charge is -2.48. The maximum absolute atomic E-state index is 13.7. The van der Waals surface area contributed by atoms with Gasteiger partial charge in [0.1, 0.15) is 0 Å². The topological polar surface area (TPSA) is 60.2 Å². The molecule has 0 saturated heterocycles. The Balaban J connectivity index is 1.25. The van der Waals surface area contributed by atoms with Gasteiger partial charge in [0.25, 0.3) is 0 Å². The molecule has 0 bridgehead atoms. The van der Waals surface area contributed by atoms with Gasteiger partial charge in [-0.25, -0.2) is 0 Å². The van der Waals surface area contributed by atoms with Crippen LogP contribution in [0.25, 0.3) is 18.2 Å². The number of fused-ring (bicyclic) bond motifs is 5. The molecule has 0 radical (unpaired) electrons. The van der Waals surface area contributed by atoms with Gasteiger partial charge in [0.15, 0.2) is 5.78 Å². The van der Waals surface area contributed by atoms with Crippen molar-refractivity contribution in [3.05, 3.63) is 112 Å². The molecule has 2 fully saturated rings. The van der Waals surface area contributed by atoms with Gasteiger partial charge in [-0.1, -0.05) is 79.7 Å². The highest BCUT2D eigenvalue weighted by Gasteiger charge is 2.56. The molecule has 3 nitrogen and oxygen atoms in total. The van der Waals surface area contributed by atoms with Crippen molar-refractivity contribution in [1.82, 2.24) is 0 Å². The van der Waals surface area contributed by atoms with Gasteiger partial charge in [-0.05, 0) is 101 Å². The first-order valence-electron chi connectivity index (χ1n) is 13.4. The lowest BCUT2D eigenvalue weighted by molar-refractivity contribution is -0.127. The van der Waals surface area contributed by atoms with Gasteiger partial charge in [-0.3, -0.25) is 9.59 Å². The van der Waals surface area contributed by atoms with Crippen LogP contribution in [0, 0.1) is 17.3 Å². The van der Waals surface area contributed by atoms with E-state index < -0.39 is 5.91 Å². The van der Waals surface area contributed by atoms with Gasteiger partial charge in [0.05, 0.1) is 0 Å². The molecule has 186 valence electrons. The molecule has 0 unspecified atom stereocenters. The van der Waals surface area contributed by atoms with Gasteiger partial charge < -0.3 is 5.73 Å². The summed E-state index contributed by atoms with van der Waals surface area (Å²) in [4.78, 5) is 25.3. The van der Waals surface area contributed by atoms with Gasteiger partial charge in [-0.2, -0.15) is 0 Å². The molecule has 4 atom stereocenters. The summed E-state index contributed by atoms with van der Waals surface area (Å²) < 4.78 is 0. The van der Waals surface area contributed by atoms with E-state index in [-0.39, 0.29) is 5.41 Å². The second kappa shape index (κ2) is 9.30. The maximum Gasteiger partial charge on any atom is 0.248 e.